The second-order valence-electron chi connectivity index (χ2n) is 8.27. The van der Waals surface area contributed by atoms with Gasteiger partial charge in [0.15, 0.2) is 0 Å². The Bertz CT molecular complexity index is 579. The van der Waals surface area contributed by atoms with Crippen molar-refractivity contribution < 1.29 is 29.4 Å². The number of nitrogens with two attached hydrogens (primary N) is 1. The molecule has 0 fully saturated rings. The summed E-state index contributed by atoms with van der Waals surface area (Å²) in [5.74, 6) is -3.53. The number of rotatable bonds is 12. The van der Waals surface area contributed by atoms with E-state index in [9.17, 15) is 19.2 Å². The van der Waals surface area contributed by atoms with Crippen molar-refractivity contribution >= 4 is 23.7 Å². The molecule has 168 valence electrons. The number of hydrogen-bond donors (Lipinski definition) is 6. The third-order valence-electron chi connectivity index (χ3n) is 4.41. The second kappa shape index (κ2) is 12.4. The van der Waals surface area contributed by atoms with Gasteiger partial charge in [-0.3, -0.25) is 14.4 Å². The Morgan fingerprint density at radius 2 is 1.31 bits per heavy atom. The average molecular weight is 417 g/mol. The summed E-state index contributed by atoms with van der Waals surface area (Å²) in [6, 6.07) is -4.19. The lowest BCUT2D eigenvalue weighted by molar-refractivity contribution is -0.143. The normalized spacial score (nSPS) is 15.6. The van der Waals surface area contributed by atoms with Crippen molar-refractivity contribution in [3.05, 3.63) is 0 Å². The van der Waals surface area contributed by atoms with Gasteiger partial charge >= 0.3 is 5.97 Å². The van der Waals surface area contributed by atoms with Crippen molar-refractivity contribution in [1.29, 1.82) is 0 Å². The molecule has 0 aliphatic rings. The van der Waals surface area contributed by atoms with Gasteiger partial charge in [0.1, 0.15) is 18.1 Å². The molecule has 29 heavy (non-hydrogen) atoms. The Kier molecular flexibility index (Phi) is 11.4. The summed E-state index contributed by atoms with van der Waals surface area (Å²) >= 11 is 0. The van der Waals surface area contributed by atoms with Gasteiger partial charge in [-0.25, -0.2) is 4.79 Å². The smallest absolute Gasteiger partial charge is 0.328 e. The van der Waals surface area contributed by atoms with Crippen LogP contribution in [0.5, 0.6) is 0 Å². The van der Waals surface area contributed by atoms with Crippen LogP contribution in [0.15, 0.2) is 0 Å². The van der Waals surface area contributed by atoms with Crippen LogP contribution >= 0.6 is 0 Å². The number of carboxylic acids is 1. The fourth-order valence-electron chi connectivity index (χ4n) is 2.51. The molecule has 4 atom stereocenters. The zero-order chi connectivity index (χ0) is 22.9. The molecular formula is C19H36N4O6. The number of carbonyl (C=O) groups is 4. The van der Waals surface area contributed by atoms with Crippen LogP contribution in [0.3, 0.4) is 0 Å². The third kappa shape index (κ3) is 9.23. The first-order valence-electron chi connectivity index (χ1n) is 9.82. The predicted octanol–water partition coefficient (Wildman–Crippen LogP) is -0.797. The SMILES string of the molecule is CC(C)CC(NC(=O)C(N)C(C)C)C(=O)NC(C(=O)NC(CO)C(=O)O)C(C)C. The monoisotopic (exact) mass is 416 g/mol. The van der Waals surface area contributed by atoms with E-state index in [1.54, 1.807) is 27.7 Å². The lowest BCUT2D eigenvalue weighted by atomic mass is 9.98. The quantitative estimate of drug-likeness (QED) is 0.242. The molecule has 10 nitrogen and oxygen atoms in total. The topological polar surface area (TPSA) is 171 Å². The highest BCUT2D eigenvalue weighted by Crippen LogP contribution is 2.09. The van der Waals surface area contributed by atoms with Crippen molar-refractivity contribution in [1.82, 2.24) is 16.0 Å². The molecule has 3 amide bonds. The summed E-state index contributed by atoms with van der Waals surface area (Å²) in [6.07, 6.45) is 0.337. The Morgan fingerprint density at radius 3 is 1.69 bits per heavy atom. The molecule has 0 aromatic heterocycles. The molecule has 0 aromatic carbocycles. The van der Waals surface area contributed by atoms with Crippen LogP contribution in [0.1, 0.15) is 48.0 Å². The first-order valence-corrected chi connectivity index (χ1v) is 9.82. The van der Waals surface area contributed by atoms with E-state index in [0.29, 0.717) is 6.42 Å². The van der Waals surface area contributed by atoms with Crippen LogP contribution in [0.2, 0.25) is 0 Å². The van der Waals surface area contributed by atoms with Gasteiger partial charge in [0.25, 0.3) is 0 Å². The molecule has 0 saturated heterocycles. The lowest BCUT2D eigenvalue weighted by Gasteiger charge is -2.27. The van der Waals surface area contributed by atoms with Gasteiger partial charge in [0.05, 0.1) is 12.6 Å². The minimum absolute atomic E-state index is 0.0819. The van der Waals surface area contributed by atoms with Crippen LogP contribution < -0.4 is 21.7 Å². The van der Waals surface area contributed by atoms with E-state index in [0.717, 1.165) is 0 Å². The van der Waals surface area contributed by atoms with Gasteiger partial charge in [-0.15, -0.1) is 0 Å². The maximum Gasteiger partial charge on any atom is 0.328 e. The van der Waals surface area contributed by atoms with Crippen molar-refractivity contribution in [2.75, 3.05) is 6.61 Å². The van der Waals surface area contributed by atoms with Gasteiger partial charge in [0, 0.05) is 0 Å². The molecular weight excluding hydrogens is 380 g/mol. The summed E-state index contributed by atoms with van der Waals surface area (Å²) in [7, 11) is 0. The van der Waals surface area contributed by atoms with Crippen LogP contribution in [0, 0.1) is 17.8 Å². The Morgan fingerprint density at radius 1 is 0.793 bits per heavy atom. The Labute approximate surface area is 172 Å². The molecule has 0 aromatic rings. The van der Waals surface area contributed by atoms with E-state index in [4.69, 9.17) is 15.9 Å². The summed E-state index contributed by atoms with van der Waals surface area (Å²) in [5, 5.41) is 25.5. The van der Waals surface area contributed by atoms with Crippen molar-refractivity contribution in [2.24, 2.45) is 23.5 Å². The molecule has 0 saturated carbocycles. The highest BCUT2D eigenvalue weighted by Gasteiger charge is 2.32. The van der Waals surface area contributed by atoms with E-state index in [2.05, 4.69) is 16.0 Å². The molecule has 7 N–H and O–H groups in total. The second-order valence-corrected chi connectivity index (χ2v) is 8.27. The molecule has 0 bridgehead atoms. The van der Waals surface area contributed by atoms with Crippen LogP contribution in [0.4, 0.5) is 0 Å². The van der Waals surface area contributed by atoms with E-state index in [1.807, 2.05) is 13.8 Å². The fraction of sp³-hybridized carbons (Fsp3) is 0.789. The Hall–Kier alpha value is -2.20. The number of aliphatic hydroxyl groups is 1. The van der Waals surface area contributed by atoms with Gasteiger partial charge < -0.3 is 31.9 Å². The number of aliphatic hydroxyl groups excluding tert-OH is 1. The average Bonchev–Trinajstić information content (AvgIpc) is 2.61. The van der Waals surface area contributed by atoms with Crippen molar-refractivity contribution in [3.8, 4) is 0 Å². The van der Waals surface area contributed by atoms with Crippen molar-refractivity contribution in [2.45, 2.75) is 72.1 Å². The fourth-order valence-corrected chi connectivity index (χ4v) is 2.51. The van der Waals surface area contributed by atoms with Crippen molar-refractivity contribution in [3.63, 3.8) is 0 Å². The first-order chi connectivity index (χ1) is 13.3. The molecule has 0 aliphatic heterocycles. The summed E-state index contributed by atoms with van der Waals surface area (Å²) in [4.78, 5) is 48.6. The van der Waals surface area contributed by atoms with E-state index < -0.39 is 54.5 Å². The standard InChI is InChI=1S/C19H36N4O6/c1-9(2)7-12(21-17(26)14(20)10(3)4)16(25)23-15(11(5)6)18(27)22-13(8-24)19(28)29/h9-15,24H,7-8,20H2,1-6H3,(H,21,26)(H,22,27)(H,23,25)(H,28,29). The zero-order valence-corrected chi connectivity index (χ0v) is 18.1. The highest BCUT2D eigenvalue weighted by molar-refractivity contribution is 5.94. The van der Waals surface area contributed by atoms with Gasteiger partial charge in [-0.1, -0.05) is 41.5 Å². The molecule has 0 aliphatic carbocycles. The molecule has 4 unspecified atom stereocenters. The van der Waals surface area contributed by atoms with Gasteiger partial charge in [0.2, 0.25) is 17.7 Å². The van der Waals surface area contributed by atoms with E-state index in [-0.39, 0.29) is 17.8 Å². The highest BCUT2D eigenvalue weighted by atomic mass is 16.4. The van der Waals surface area contributed by atoms with E-state index in [1.165, 1.54) is 0 Å². The molecule has 0 radical (unpaired) electrons. The minimum Gasteiger partial charge on any atom is -0.480 e. The molecule has 0 rings (SSSR count). The van der Waals surface area contributed by atoms with Gasteiger partial charge in [-0.05, 0) is 24.2 Å². The first kappa shape index (κ1) is 26.8. The number of amides is 3. The summed E-state index contributed by atoms with van der Waals surface area (Å²) in [5.41, 5.74) is 5.85. The third-order valence-corrected chi connectivity index (χ3v) is 4.41. The Balaban J connectivity index is 5.35. The maximum atomic E-state index is 12.8. The van der Waals surface area contributed by atoms with Gasteiger partial charge in [-0.2, -0.15) is 0 Å². The summed E-state index contributed by atoms with van der Waals surface area (Å²) < 4.78 is 0. The lowest BCUT2D eigenvalue weighted by Crippen LogP contribution is -2.59. The van der Waals surface area contributed by atoms with Crippen LogP contribution in [0.25, 0.3) is 0 Å². The number of carbonyl (C=O) groups excluding carboxylic acids is 3. The van der Waals surface area contributed by atoms with Crippen LogP contribution in [-0.4, -0.2) is 64.7 Å². The number of carboxylic acid groups (broad SMARTS) is 1. The molecule has 0 spiro atoms. The van der Waals surface area contributed by atoms with E-state index >= 15 is 0 Å². The minimum atomic E-state index is -1.48. The van der Waals surface area contributed by atoms with Crippen LogP contribution in [-0.2, 0) is 19.2 Å². The number of aliphatic carboxylic acids is 1. The number of hydrogen-bond acceptors (Lipinski definition) is 6. The molecule has 0 heterocycles. The summed E-state index contributed by atoms with van der Waals surface area (Å²) in [6.45, 7) is 9.95. The maximum absolute atomic E-state index is 12.8. The largest absolute Gasteiger partial charge is 0.480 e. The molecule has 10 heteroatoms. The number of nitrogens with one attached hydrogen (secondary N) is 3. The zero-order valence-electron chi connectivity index (χ0n) is 18.1. The predicted molar refractivity (Wildman–Crippen MR) is 108 cm³/mol.